The number of benzene rings is 1. The summed E-state index contributed by atoms with van der Waals surface area (Å²) in [6.07, 6.45) is 0. The van der Waals surface area contributed by atoms with E-state index in [-0.39, 0.29) is 12.3 Å². The highest BCUT2D eigenvalue weighted by Crippen LogP contribution is 2.33. The maximum atomic E-state index is 11.7. The van der Waals surface area contributed by atoms with Crippen LogP contribution in [-0.4, -0.2) is 31.5 Å². The van der Waals surface area contributed by atoms with Crippen LogP contribution in [-0.2, 0) is 0 Å². The molecule has 0 aliphatic heterocycles. The normalized spacial score (nSPS) is 10.3. The van der Waals surface area contributed by atoms with Crippen molar-refractivity contribution in [3.63, 3.8) is 0 Å². The number of hydrogen-bond donors (Lipinski definition) is 2. The number of methoxy groups -OCH3 is 2. The van der Waals surface area contributed by atoms with Gasteiger partial charge in [0.1, 0.15) is 11.5 Å². The number of aromatic nitrogens is 1. The monoisotopic (exact) mass is 307 g/mol. The molecule has 0 spiro atoms. The van der Waals surface area contributed by atoms with Crippen molar-refractivity contribution in [3.8, 4) is 11.5 Å². The fraction of sp³-hybridized carbons (Fsp3) is 0.286. The third kappa shape index (κ3) is 3.32. The number of aryl methyl sites for hydroxylation is 1. The highest BCUT2D eigenvalue weighted by atomic mass is 32.1. The van der Waals surface area contributed by atoms with Gasteiger partial charge in [0, 0.05) is 6.07 Å². The third-order valence-corrected chi connectivity index (χ3v) is 4.00. The maximum Gasteiger partial charge on any atom is 0.188 e. The Hall–Kier alpha value is -2.12. The van der Waals surface area contributed by atoms with E-state index < -0.39 is 0 Å². The molecule has 0 aliphatic rings. The zero-order valence-corrected chi connectivity index (χ0v) is 12.9. The van der Waals surface area contributed by atoms with Crippen LogP contribution in [0.5, 0.6) is 11.5 Å². The van der Waals surface area contributed by atoms with Gasteiger partial charge in [-0.1, -0.05) is 11.3 Å². The highest BCUT2D eigenvalue weighted by molar-refractivity contribution is 7.17. The molecule has 6 nitrogen and oxygen atoms in total. The van der Waals surface area contributed by atoms with Gasteiger partial charge in [0.05, 0.1) is 37.0 Å². The average molecular weight is 307 g/mol. The highest BCUT2D eigenvalue weighted by Gasteiger charge is 2.15. The van der Waals surface area contributed by atoms with Gasteiger partial charge in [0.2, 0.25) is 0 Å². The first kappa shape index (κ1) is 15.3. The SMILES string of the molecule is COc1ccc(OC)c(Nc2nc(C)c(C(=O)CN)s2)c1. The van der Waals surface area contributed by atoms with E-state index in [4.69, 9.17) is 15.2 Å². The number of Topliss-reactive ketones (excluding diaryl/α,β-unsaturated/α-hetero) is 1. The van der Waals surface area contributed by atoms with Gasteiger partial charge < -0.3 is 20.5 Å². The second-order valence-corrected chi connectivity index (χ2v) is 5.25. The van der Waals surface area contributed by atoms with Crippen LogP contribution < -0.4 is 20.5 Å². The minimum Gasteiger partial charge on any atom is -0.497 e. The number of anilines is 2. The lowest BCUT2D eigenvalue weighted by Gasteiger charge is -2.10. The molecule has 1 heterocycles. The minimum atomic E-state index is -0.115. The molecule has 1 aromatic carbocycles. The summed E-state index contributed by atoms with van der Waals surface area (Å²) >= 11 is 1.27. The van der Waals surface area contributed by atoms with Crippen LogP contribution in [0.4, 0.5) is 10.8 Å². The summed E-state index contributed by atoms with van der Waals surface area (Å²) in [6.45, 7) is 1.76. The van der Waals surface area contributed by atoms with Crippen LogP contribution in [0, 0.1) is 6.92 Å². The van der Waals surface area contributed by atoms with Crippen molar-refractivity contribution in [1.82, 2.24) is 4.98 Å². The number of carbonyl (C=O) groups excluding carboxylic acids is 1. The second-order valence-electron chi connectivity index (χ2n) is 4.25. The molecule has 0 unspecified atom stereocenters. The molecule has 0 amide bonds. The average Bonchev–Trinajstić information content (AvgIpc) is 2.86. The van der Waals surface area contributed by atoms with E-state index in [1.807, 2.05) is 0 Å². The van der Waals surface area contributed by atoms with Gasteiger partial charge in [0.25, 0.3) is 0 Å². The molecule has 0 radical (unpaired) electrons. The van der Waals surface area contributed by atoms with Gasteiger partial charge in [-0.25, -0.2) is 4.98 Å². The van der Waals surface area contributed by atoms with Crippen molar-refractivity contribution in [2.24, 2.45) is 5.73 Å². The lowest BCUT2D eigenvalue weighted by atomic mass is 10.2. The van der Waals surface area contributed by atoms with Crippen LogP contribution >= 0.6 is 11.3 Å². The molecule has 1 aromatic heterocycles. The van der Waals surface area contributed by atoms with Gasteiger partial charge in [-0.3, -0.25) is 4.79 Å². The number of ketones is 1. The first-order chi connectivity index (χ1) is 10.1. The van der Waals surface area contributed by atoms with Crippen molar-refractivity contribution >= 4 is 27.9 Å². The fourth-order valence-electron chi connectivity index (χ4n) is 1.83. The van der Waals surface area contributed by atoms with Crippen molar-refractivity contribution in [3.05, 3.63) is 28.8 Å². The Balaban J connectivity index is 2.31. The topological polar surface area (TPSA) is 86.5 Å². The van der Waals surface area contributed by atoms with Crippen molar-refractivity contribution in [2.75, 3.05) is 26.1 Å². The molecule has 2 aromatic rings. The fourth-order valence-corrected chi connectivity index (χ4v) is 2.76. The van der Waals surface area contributed by atoms with Gasteiger partial charge in [-0.05, 0) is 19.1 Å². The lowest BCUT2D eigenvalue weighted by molar-refractivity contribution is 0.100. The van der Waals surface area contributed by atoms with E-state index >= 15 is 0 Å². The van der Waals surface area contributed by atoms with Crippen molar-refractivity contribution in [2.45, 2.75) is 6.92 Å². The maximum absolute atomic E-state index is 11.7. The number of nitrogens with two attached hydrogens (primary N) is 1. The van der Waals surface area contributed by atoms with E-state index in [0.717, 1.165) is 5.69 Å². The smallest absolute Gasteiger partial charge is 0.188 e. The zero-order valence-electron chi connectivity index (χ0n) is 12.1. The third-order valence-electron chi connectivity index (χ3n) is 2.88. The standard InChI is InChI=1S/C14H17N3O3S/c1-8-13(11(18)7-15)21-14(16-8)17-10-6-9(19-2)4-5-12(10)20-3/h4-6H,7,15H2,1-3H3,(H,16,17). The van der Waals surface area contributed by atoms with Gasteiger partial charge in [0.15, 0.2) is 10.9 Å². The van der Waals surface area contributed by atoms with E-state index in [0.29, 0.717) is 27.2 Å². The Morgan fingerprint density at radius 2 is 2.14 bits per heavy atom. The largest absolute Gasteiger partial charge is 0.497 e. The second kappa shape index (κ2) is 6.55. The molecule has 2 rings (SSSR count). The minimum absolute atomic E-state index is 0.0229. The predicted octanol–water partition coefficient (Wildman–Crippen LogP) is 2.35. The Kier molecular flexibility index (Phi) is 4.77. The van der Waals surface area contributed by atoms with Crippen LogP contribution in [0.25, 0.3) is 0 Å². The van der Waals surface area contributed by atoms with E-state index in [1.165, 1.54) is 11.3 Å². The number of thiazole rings is 1. The summed E-state index contributed by atoms with van der Waals surface area (Å²) in [5, 5.41) is 3.75. The summed E-state index contributed by atoms with van der Waals surface area (Å²) in [7, 11) is 3.18. The van der Waals surface area contributed by atoms with E-state index in [1.54, 1.807) is 39.3 Å². The molecule has 21 heavy (non-hydrogen) atoms. The van der Waals surface area contributed by atoms with E-state index in [9.17, 15) is 4.79 Å². The van der Waals surface area contributed by atoms with Crippen molar-refractivity contribution in [1.29, 1.82) is 0 Å². The van der Waals surface area contributed by atoms with Gasteiger partial charge in [-0.2, -0.15) is 0 Å². The molecule has 0 aliphatic carbocycles. The lowest BCUT2D eigenvalue weighted by Crippen LogP contribution is -2.13. The van der Waals surface area contributed by atoms with E-state index in [2.05, 4.69) is 10.3 Å². The molecular weight excluding hydrogens is 290 g/mol. The van der Waals surface area contributed by atoms with Crippen LogP contribution in [0.15, 0.2) is 18.2 Å². The molecule has 0 saturated carbocycles. The number of ether oxygens (including phenoxy) is 2. The summed E-state index contributed by atoms with van der Waals surface area (Å²) in [6, 6.07) is 5.41. The molecule has 0 saturated heterocycles. The quantitative estimate of drug-likeness (QED) is 0.797. The number of rotatable bonds is 6. The molecule has 112 valence electrons. The first-order valence-corrected chi connectivity index (χ1v) is 7.10. The van der Waals surface area contributed by atoms with Crippen LogP contribution in [0.1, 0.15) is 15.4 Å². The van der Waals surface area contributed by atoms with Crippen LogP contribution in [0.3, 0.4) is 0 Å². The summed E-state index contributed by atoms with van der Waals surface area (Å²) in [4.78, 5) is 16.6. The van der Waals surface area contributed by atoms with Crippen molar-refractivity contribution < 1.29 is 14.3 Å². The van der Waals surface area contributed by atoms with Crippen LogP contribution in [0.2, 0.25) is 0 Å². The Bertz CT molecular complexity index is 655. The van der Waals surface area contributed by atoms with Gasteiger partial charge >= 0.3 is 0 Å². The summed E-state index contributed by atoms with van der Waals surface area (Å²) in [5.74, 6) is 1.25. The number of nitrogens with one attached hydrogen (secondary N) is 1. The number of carbonyl (C=O) groups is 1. The molecular formula is C14H17N3O3S. The molecule has 3 N–H and O–H groups in total. The predicted molar refractivity (Wildman–Crippen MR) is 83.1 cm³/mol. The Labute approximate surface area is 126 Å². The van der Waals surface area contributed by atoms with Gasteiger partial charge in [-0.15, -0.1) is 0 Å². The molecule has 0 atom stereocenters. The first-order valence-electron chi connectivity index (χ1n) is 6.28. The molecule has 0 bridgehead atoms. The number of nitrogens with zero attached hydrogens (tertiary/aromatic N) is 1. The Morgan fingerprint density at radius 1 is 1.38 bits per heavy atom. The Morgan fingerprint density at radius 3 is 2.76 bits per heavy atom. The summed E-state index contributed by atoms with van der Waals surface area (Å²) in [5.41, 5.74) is 6.78. The molecule has 0 fully saturated rings. The summed E-state index contributed by atoms with van der Waals surface area (Å²) < 4.78 is 10.5. The number of hydrogen-bond acceptors (Lipinski definition) is 7. The zero-order chi connectivity index (χ0) is 15.4. The molecule has 7 heteroatoms.